The minimum Gasteiger partial charge on any atom is -0.344 e. The zero-order chi connectivity index (χ0) is 15.8. The van der Waals surface area contributed by atoms with E-state index in [9.17, 15) is 9.59 Å². The molecule has 1 aromatic heterocycles. The molecule has 0 spiro atoms. The lowest BCUT2D eigenvalue weighted by Gasteiger charge is -2.33. The van der Waals surface area contributed by atoms with Gasteiger partial charge in [0.15, 0.2) is 0 Å². The number of fused-ring (bicyclic) bond motifs is 1. The first-order valence-electron chi connectivity index (χ1n) is 8.76. The number of hydrogen-bond acceptors (Lipinski definition) is 3. The summed E-state index contributed by atoms with van der Waals surface area (Å²) >= 11 is 0. The van der Waals surface area contributed by atoms with Gasteiger partial charge >= 0.3 is 0 Å². The topological polar surface area (TPSA) is 71.1 Å². The average Bonchev–Trinajstić information content (AvgIpc) is 3.40. The van der Waals surface area contributed by atoms with E-state index in [1.54, 1.807) is 18.5 Å². The van der Waals surface area contributed by atoms with E-state index in [4.69, 9.17) is 0 Å². The Labute approximate surface area is 136 Å². The fourth-order valence-electron chi connectivity index (χ4n) is 4.21. The van der Waals surface area contributed by atoms with Crippen LogP contribution in [0, 0.1) is 17.8 Å². The Bertz CT molecular complexity index is 626. The summed E-state index contributed by atoms with van der Waals surface area (Å²) in [4.78, 5) is 29.1. The smallest absolute Gasteiger partial charge is 0.247 e. The van der Waals surface area contributed by atoms with Gasteiger partial charge in [-0.3, -0.25) is 14.6 Å². The summed E-state index contributed by atoms with van der Waals surface area (Å²) in [6.07, 6.45) is 11.0. The van der Waals surface area contributed by atoms with Crippen LogP contribution in [0.4, 0.5) is 5.69 Å². The monoisotopic (exact) mass is 313 g/mol. The van der Waals surface area contributed by atoms with E-state index in [2.05, 4.69) is 15.6 Å². The summed E-state index contributed by atoms with van der Waals surface area (Å²) in [5, 5.41) is 5.88. The van der Waals surface area contributed by atoms with Crippen LogP contribution in [-0.2, 0) is 16.0 Å². The number of nitrogens with zero attached hydrogens (tertiary/aromatic N) is 1. The molecule has 3 atom stereocenters. The first-order valence-corrected chi connectivity index (χ1v) is 8.76. The van der Waals surface area contributed by atoms with Crippen molar-refractivity contribution in [3.63, 3.8) is 0 Å². The normalized spacial score (nSPS) is 30.3. The molecule has 5 nitrogen and oxygen atoms in total. The molecule has 0 aromatic carbocycles. The third-order valence-corrected chi connectivity index (χ3v) is 5.60. The third kappa shape index (κ3) is 2.96. The molecule has 3 unspecified atom stereocenters. The van der Waals surface area contributed by atoms with Gasteiger partial charge in [-0.15, -0.1) is 0 Å². The van der Waals surface area contributed by atoms with Crippen molar-refractivity contribution in [2.45, 2.75) is 51.0 Å². The zero-order valence-corrected chi connectivity index (χ0v) is 13.3. The van der Waals surface area contributed by atoms with E-state index in [1.807, 2.05) is 0 Å². The molecule has 5 heteroatoms. The van der Waals surface area contributed by atoms with Gasteiger partial charge in [-0.2, -0.15) is 0 Å². The molecule has 122 valence electrons. The minimum absolute atomic E-state index is 0.0779. The third-order valence-electron chi connectivity index (χ3n) is 5.60. The Morgan fingerprint density at radius 2 is 2.04 bits per heavy atom. The summed E-state index contributed by atoms with van der Waals surface area (Å²) < 4.78 is 0. The Morgan fingerprint density at radius 1 is 1.22 bits per heavy atom. The SMILES string of the molecule is O=C1Nc2ccncc2CC1NC(=O)C1CCCCC1C1CC1. The molecule has 0 saturated heterocycles. The standard InChI is InChI=1S/C18H23N3O2/c22-17(14-4-2-1-3-13(14)11-5-6-11)21-16-9-12-10-19-8-7-15(12)20-18(16)23/h7-8,10-11,13-14,16H,1-6,9H2,(H,20,23)(H,21,22). The summed E-state index contributed by atoms with van der Waals surface area (Å²) in [6.45, 7) is 0. The second-order valence-corrected chi connectivity index (χ2v) is 7.18. The van der Waals surface area contributed by atoms with Crippen molar-refractivity contribution in [3.8, 4) is 0 Å². The van der Waals surface area contributed by atoms with Crippen LogP contribution in [0.5, 0.6) is 0 Å². The molecule has 2 amide bonds. The quantitative estimate of drug-likeness (QED) is 0.899. The lowest BCUT2D eigenvalue weighted by molar-refractivity contribution is -0.132. The van der Waals surface area contributed by atoms with Crippen LogP contribution >= 0.6 is 0 Å². The van der Waals surface area contributed by atoms with Gasteiger partial charge in [-0.25, -0.2) is 0 Å². The number of nitrogens with one attached hydrogen (secondary N) is 2. The molecular weight excluding hydrogens is 290 g/mol. The molecule has 2 saturated carbocycles. The largest absolute Gasteiger partial charge is 0.344 e. The first kappa shape index (κ1) is 14.7. The number of amides is 2. The van der Waals surface area contributed by atoms with Crippen molar-refractivity contribution in [2.24, 2.45) is 17.8 Å². The van der Waals surface area contributed by atoms with Gasteiger partial charge < -0.3 is 10.6 Å². The van der Waals surface area contributed by atoms with Crippen LogP contribution in [0.25, 0.3) is 0 Å². The van der Waals surface area contributed by atoms with Crippen molar-refractivity contribution < 1.29 is 9.59 Å². The number of aromatic nitrogens is 1. The van der Waals surface area contributed by atoms with Gasteiger partial charge in [-0.05, 0) is 49.1 Å². The van der Waals surface area contributed by atoms with Gasteiger partial charge in [0.2, 0.25) is 11.8 Å². The summed E-state index contributed by atoms with van der Waals surface area (Å²) in [6, 6.07) is 1.33. The molecule has 2 heterocycles. The lowest BCUT2D eigenvalue weighted by Crippen LogP contribution is -2.50. The van der Waals surface area contributed by atoms with Crippen LogP contribution < -0.4 is 10.6 Å². The Kier molecular flexibility index (Phi) is 3.79. The fraction of sp³-hybridized carbons (Fsp3) is 0.611. The predicted octanol–water partition coefficient (Wildman–Crippen LogP) is 2.28. The van der Waals surface area contributed by atoms with E-state index in [0.717, 1.165) is 30.0 Å². The predicted molar refractivity (Wildman–Crippen MR) is 86.7 cm³/mol. The number of rotatable bonds is 3. The molecule has 3 aliphatic rings. The Balaban J connectivity index is 1.45. The molecule has 2 fully saturated rings. The Hall–Kier alpha value is -1.91. The van der Waals surface area contributed by atoms with Gasteiger partial charge in [0.05, 0.1) is 0 Å². The van der Waals surface area contributed by atoms with E-state index >= 15 is 0 Å². The van der Waals surface area contributed by atoms with Gasteiger partial charge in [-0.1, -0.05) is 12.8 Å². The maximum Gasteiger partial charge on any atom is 0.247 e. The molecule has 0 bridgehead atoms. The highest BCUT2D eigenvalue weighted by Gasteiger charge is 2.41. The van der Waals surface area contributed by atoms with E-state index in [0.29, 0.717) is 12.3 Å². The molecule has 4 rings (SSSR count). The maximum absolute atomic E-state index is 12.8. The Morgan fingerprint density at radius 3 is 2.87 bits per heavy atom. The minimum atomic E-state index is -0.471. The van der Waals surface area contributed by atoms with Crippen LogP contribution in [-0.4, -0.2) is 22.8 Å². The zero-order valence-electron chi connectivity index (χ0n) is 13.3. The van der Waals surface area contributed by atoms with E-state index < -0.39 is 6.04 Å². The molecule has 0 radical (unpaired) electrons. The number of anilines is 1. The van der Waals surface area contributed by atoms with Gasteiger partial charge in [0.25, 0.3) is 0 Å². The molecule has 23 heavy (non-hydrogen) atoms. The first-order chi connectivity index (χ1) is 11.2. The molecular formula is C18H23N3O2. The number of carbonyl (C=O) groups is 2. The van der Waals surface area contributed by atoms with E-state index in [-0.39, 0.29) is 17.7 Å². The summed E-state index contributed by atoms with van der Waals surface area (Å²) in [5.41, 5.74) is 1.80. The molecule has 2 aliphatic carbocycles. The van der Waals surface area contributed by atoms with Crippen molar-refractivity contribution in [1.29, 1.82) is 0 Å². The number of pyridine rings is 1. The maximum atomic E-state index is 12.8. The van der Waals surface area contributed by atoms with Gasteiger partial charge in [0.1, 0.15) is 6.04 Å². The number of hydrogen-bond donors (Lipinski definition) is 2. The van der Waals surface area contributed by atoms with Crippen molar-refractivity contribution in [2.75, 3.05) is 5.32 Å². The summed E-state index contributed by atoms with van der Waals surface area (Å²) in [7, 11) is 0. The van der Waals surface area contributed by atoms with E-state index in [1.165, 1.54) is 25.7 Å². The number of carbonyl (C=O) groups excluding carboxylic acids is 2. The van der Waals surface area contributed by atoms with Crippen LogP contribution in [0.2, 0.25) is 0 Å². The average molecular weight is 313 g/mol. The fourth-order valence-corrected chi connectivity index (χ4v) is 4.21. The highest BCUT2D eigenvalue weighted by Crippen LogP contribution is 2.46. The van der Waals surface area contributed by atoms with Gasteiger partial charge in [0, 0.05) is 30.4 Å². The van der Waals surface area contributed by atoms with Crippen molar-refractivity contribution in [3.05, 3.63) is 24.0 Å². The van der Waals surface area contributed by atoms with Crippen LogP contribution in [0.15, 0.2) is 18.5 Å². The highest BCUT2D eigenvalue weighted by molar-refractivity contribution is 6.00. The summed E-state index contributed by atoms with van der Waals surface area (Å²) in [5.74, 6) is 1.34. The molecule has 2 N–H and O–H groups in total. The molecule has 1 aliphatic heterocycles. The second-order valence-electron chi connectivity index (χ2n) is 7.18. The van der Waals surface area contributed by atoms with Crippen molar-refractivity contribution >= 4 is 17.5 Å². The van der Waals surface area contributed by atoms with Crippen LogP contribution in [0.1, 0.15) is 44.1 Å². The lowest BCUT2D eigenvalue weighted by atomic mass is 9.76. The van der Waals surface area contributed by atoms with Crippen LogP contribution in [0.3, 0.4) is 0 Å². The second kappa shape index (κ2) is 5.95. The highest BCUT2D eigenvalue weighted by atomic mass is 16.2. The van der Waals surface area contributed by atoms with Crippen molar-refractivity contribution in [1.82, 2.24) is 10.3 Å². The molecule has 1 aromatic rings.